The van der Waals surface area contributed by atoms with E-state index in [-0.39, 0.29) is 29.3 Å². The fourth-order valence-corrected chi connectivity index (χ4v) is 6.00. The van der Waals surface area contributed by atoms with Gasteiger partial charge in [0.1, 0.15) is 11.2 Å². The highest BCUT2D eigenvalue weighted by atomic mass is 16.6. The molecule has 0 radical (unpaired) electrons. The molecule has 1 aromatic carbocycles. The second-order valence-electron chi connectivity index (χ2n) is 10.2. The van der Waals surface area contributed by atoms with Gasteiger partial charge in [-0.15, -0.1) is 0 Å². The minimum absolute atomic E-state index is 0.103. The van der Waals surface area contributed by atoms with E-state index in [1.165, 1.54) is 0 Å². The van der Waals surface area contributed by atoms with Crippen molar-refractivity contribution in [3.63, 3.8) is 0 Å². The molecule has 3 saturated heterocycles. The third-order valence-electron chi connectivity index (χ3n) is 7.78. The third-order valence-corrected chi connectivity index (χ3v) is 7.78. The van der Waals surface area contributed by atoms with E-state index in [9.17, 15) is 9.90 Å². The second-order valence-corrected chi connectivity index (χ2v) is 10.2. The summed E-state index contributed by atoms with van der Waals surface area (Å²) in [5.41, 5.74) is 0.123. The van der Waals surface area contributed by atoms with Gasteiger partial charge in [-0.05, 0) is 39.2 Å². The number of carbonyl (C=O) groups is 1. The predicted molar refractivity (Wildman–Crippen MR) is 115 cm³/mol. The number of aromatic hydroxyl groups is 1. The lowest BCUT2D eigenvalue weighted by Crippen LogP contribution is -2.63. The molecule has 4 aliphatic heterocycles. The Balaban J connectivity index is 1.33. The molecule has 0 aliphatic carbocycles. The van der Waals surface area contributed by atoms with Crippen molar-refractivity contribution in [1.29, 1.82) is 0 Å². The van der Waals surface area contributed by atoms with E-state index in [1.807, 2.05) is 17.0 Å². The highest BCUT2D eigenvalue weighted by Gasteiger charge is 2.54. The number of fused-ring (bicyclic) bond motifs is 3. The molecule has 1 aromatic rings. The molecule has 4 aliphatic rings. The van der Waals surface area contributed by atoms with Crippen LogP contribution in [-0.2, 0) is 14.3 Å². The summed E-state index contributed by atoms with van der Waals surface area (Å²) in [5.74, 6) is 1.03. The lowest BCUT2D eigenvalue weighted by Gasteiger charge is -2.55. The molecule has 0 saturated carbocycles. The van der Waals surface area contributed by atoms with Gasteiger partial charge in [0.25, 0.3) is 0 Å². The van der Waals surface area contributed by atoms with Crippen LogP contribution in [0.5, 0.6) is 11.5 Å². The van der Waals surface area contributed by atoms with E-state index in [2.05, 4.69) is 18.7 Å². The fourth-order valence-electron chi connectivity index (χ4n) is 6.00. The molecule has 7 nitrogen and oxygen atoms in total. The number of hydrogen-bond donors (Lipinski definition) is 1. The SMILES string of the molecule is CC(=O)N1CCC(N2CCO[C@@]3(CO[C@@H]4c5cccc(O)c5OC(C)(C)[C@H]4C3)C2)CC1. The largest absolute Gasteiger partial charge is 0.504 e. The Hall–Kier alpha value is -1.83. The number of nitrogens with zero attached hydrogens (tertiary/aromatic N) is 2. The fraction of sp³-hybridized carbons (Fsp3) is 0.708. The summed E-state index contributed by atoms with van der Waals surface area (Å²) < 4.78 is 19.2. The zero-order chi connectivity index (χ0) is 21.8. The van der Waals surface area contributed by atoms with Crippen LogP contribution in [0.25, 0.3) is 0 Å². The summed E-state index contributed by atoms with van der Waals surface area (Å²) in [6.45, 7) is 10.5. The molecule has 1 amide bonds. The number of para-hydroxylation sites is 1. The number of likely N-dealkylation sites (tertiary alicyclic amines) is 1. The van der Waals surface area contributed by atoms with Gasteiger partial charge in [-0.25, -0.2) is 0 Å². The number of piperidine rings is 1. The second kappa shape index (κ2) is 7.64. The van der Waals surface area contributed by atoms with Gasteiger partial charge in [0.2, 0.25) is 5.91 Å². The molecule has 3 fully saturated rings. The Morgan fingerprint density at radius 1 is 1.19 bits per heavy atom. The van der Waals surface area contributed by atoms with E-state index in [4.69, 9.17) is 14.2 Å². The van der Waals surface area contributed by atoms with Gasteiger partial charge in [-0.3, -0.25) is 9.69 Å². The van der Waals surface area contributed by atoms with Crippen LogP contribution in [0.1, 0.15) is 51.7 Å². The molecule has 5 rings (SSSR count). The minimum Gasteiger partial charge on any atom is -0.504 e. The number of carbonyl (C=O) groups excluding carboxylic acids is 1. The zero-order valence-electron chi connectivity index (χ0n) is 18.8. The van der Waals surface area contributed by atoms with Gasteiger partial charge in [-0.1, -0.05) is 12.1 Å². The van der Waals surface area contributed by atoms with Gasteiger partial charge in [0.05, 0.1) is 19.3 Å². The van der Waals surface area contributed by atoms with Crippen LogP contribution in [0.3, 0.4) is 0 Å². The molecule has 0 bridgehead atoms. The number of phenols is 1. The normalized spacial score (nSPS) is 33.5. The van der Waals surface area contributed by atoms with Crippen molar-refractivity contribution in [1.82, 2.24) is 9.80 Å². The maximum atomic E-state index is 11.7. The summed E-state index contributed by atoms with van der Waals surface area (Å²) in [6, 6.07) is 6.00. The number of rotatable bonds is 1. The first-order valence-corrected chi connectivity index (χ1v) is 11.5. The van der Waals surface area contributed by atoms with E-state index >= 15 is 0 Å². The lowest BCUT2D eigenvalue weighted by molar-refractivity contribution is -0.234. The van der Waals surface area contributed by atoms with Crippen LogP contribution in [0, 0.1) is 5.92 Å². The molecule has 1 N–H and O–H groups in total. The standard InChI is InChI=1S/C24H34N2O5/c1-16(27)25-9-7-17(8-10-25)26-11-12-30-24(14-26)13-19-21(29-15-24)18-5-4-6-20(28)22(18)31-23(19,2)3/h4-6,17,19,21,28H,7-15H2,1-3H3/t19-,21+,24+/m0/s1. The topological polar surface area (TPSA) is 71.5 Å². The highest BCUT2D eigenvalue weighted by Crippen LogP contribution is 2.54. The molecule has 3 atom stereocenters. The summed E-state index contributed by atoms with van der Waals surface area (Å²) in [4.78, 5) is 16.2. The Bertz CT molecular complexity index is 850. The first-order chi connectivity index (χ1) is 14.8. The van der Waals surface area contributed by atoms with E-state index in [0.29, 0.717) is 25.0 Å². The van der Waals surface area contributed by atoms with Crippen molar-refractivity contribution in [3.05, 3.63) is 23.8 Å². The number of benzene rings is 1. The predicted octanol–water partition coefficient (Wildman–Crippen LogP) is 2.72. The van der Waals surface area contributed by atoms with Crippen molar-refractivity contribution in [2.45, 2.75) is 63.4 Å². The van der Waals surface area contributed by atoms with E-state index in [1.54, 1.807) is 13.0 Å². The highest BCUT2D eigenvalue weighted by molar-refractivity contribution is 5.73. The Morgan fingerprint density at radius 2 is 1.97 bits per heavy atom. The molecule has 7 heteroatoms. The van der Waals surface area contributed by atoms with Crippen LogP contribution in [0.4, 0.5) is 0 Å². The molecule has 170 valence electrons. The van der Waals surface area contributed by atoms with Crippen LogP contribution in [0.15, 0.2) is 18.2 Å². The molecule has 0 aromatic heterocycles. The van der Waals surface area contributed by atoms with Crippen molar-refractivity contribution in [3.8, 4) is 11.5 Å². The number of amides is 1. The van der Waals surface area contributed by atoms with Gasteiger partial charge >= 0.3 is 0 Å². The van der Waals surface area contributed by atoms with Crippen molar-refractivity contribution >= 4 is 5.91 Å². The van der Waals surface area contributed by atoms with E-state index < -0.39 is 5.60 Å². The third kappa shape index (κ3) is 3.70. The first-order valence-electron chi connectivity index (χ1n) is 11.5. The Labute approximate surface area is 184 Å². The smallest absolute Gasteiger partial charge is 0.219 e. The van der Waals surface area contributed by atoms with Crippen LogP contribution in [-0.4, -0.2) is 77.5 Å². The monoisotopic (exact) mass is 430 g/mol. The maximum absolute atomic E-state index is 11.7. The molecular weight excluding hydrogens is 396 g/mol. The van der Waals surface area contributed by atoms with Gasteiger partial charge in [-0.2, -0.15) is 0 Å². The zero-order valence-corrected chi connectivity index (χ0v) is 18.8. The summed E-state index contributed by atoms with van der Waals surface area (Å²) in [7, 11) is 0. The molecule has 4 heterocycles. The quantitative estimate of drug-likeness (QED) is 0.739. The van der Waals surface area contributed by atoms with Crippen LogP contribution < -0.4 is 4.74 Å². The average Bonchev–Trinajstić information content (AvgIpc) is 2.75. The van der Waals surface area contributed by atoms with Gasteiger partial charge in [0.15, 0.2) is 11.5 Å². The summed E-state index contributed by atoms with van der Waals surface area (Å²) in [6.07, 6.45) is 2.80. The Kier molecular flexibility index (Phi) is 5.19. The number of ether oxygens (including phenoxy) is 3. The molecule has 1 spiro atoms. The van der Waals surface area contributed by atoms with E-state index in [0.717, 1.165) is 51.0 Å². The van der Waals surface area contributed by atoms with Crippen molar-refractivity contribution < 1.29 is 24.1 Å². The molecular formula is C24H34N2O5. The molecule has 0 unspecified atom stereocenters. The lowest BCUT2D eigenvalue weighted by atomic mass is 9.71. The van der Waals surface area contributed by atoms with Crippen LogP contribution >= 0.6 is 0 Å². The van der Waals surface area contributed by atoms with Crippen molar-refractivity contribution in [2.75, 3.05) is 39.4 Å². The Morgan fingerprint density at radius 3 is 2.71 bits per heavy atom. The minimum atomic E-state index is -0.470. The maximum Gasteiger partial charge on any atom is 0.219 e. The first kappa shape index (κ1) is 21.0. The van der Waals surface area contributed by atoms with Crippen LogP contribution in [0.2, 0.25) is 0 Å². The summed E-state index contributed by atoms with van der Waals surface area (Å²) in [5, 5.41) is 10.3. The van der Waals surface area contributed by atoms with Gasteiger partial charge < -0.3 is 24.2 Å². The number of hydrogen-bond acceptors (Lipinski definition) is 6. The van der Waals surface area contributed by atoms with Gasteiger partial charge in [0, 0.05) is 50.6 Å². The van der Waals surface area contributed by atoms with Crippen molar-refractivity contribution in [2.24, 2.45) is 5.92 Å². The number of morpholine rings is 1. The summed E-state index contributed by atoms with van der Waals surface area (Å²) >= 11 is 0. The molecule has 31 heavy (non-hydrogen) atoms. The average molecular weight is 431 g/mol. The number of phenolic OH excluding ortho intramolecular Hbond substituents is 1.